The van der Waals surface area contributed by atoms with E-state index in [0.29, 0.717) is 42.9 Å². The number of ether oxygens (including phenoxy) is 1. The van der Waals surface area contributed by atoms with E-state index in [0.717, 1.165) is 12.1 Å². The molecule has 1 heterocycles. The summed E-state index contributed by atoms with van der Waals surface area (Å²) in [6, 6.07) is 11.0. The SMILES string of the molecule is NCCCOCCN(c1ccc(F)c(Cl)c1)c1ccnc2ccc(C(=O)O)cc12. The molecule has 29 heavy (non-hydrogen) atoms. The number of fused-ring (bicyclic) bond motifs is 1. The first kappa shape index (κ1) is 21.0. The summed E-state index contributed by atoms with van der Waals surface area (Å²) >= 11 is 6.00. The summed E-state index contributed by atoms with van der Waals surface area (Å²) < 4.78 is 19.3. The number of carbonyl (C=O) groups is 1. The number of nitrogens with two attached hydrogens (primary N) is 1. The predicted molar refractivity (Wildman–Crippen MR) is 112 cm³/mol. The summed E-state index contributed by atoms with van der Waals surface area (Å²) in [5.41, 5.74) is 7.68. The van der Waals surface area contributed by atoms with Crippen LogP contribution in [0.3, 0.4) is 0 Å². The van der Waals surface area contributed by atoms with Gasteiger partial charge in [0.25, 0.3) is 0 Å². The first-order valence-corrected chi connectivity index (χ1v) is 9.51. The van der Waals surface area contributed by atoms with Gasteiger partial charge in [0, 0.05) is 30.4 Å². The topological polar surface area (TPSA) is 88.7 Å². The van der Waals surface area contributed by atoms with Crippen molar-refractivity contribution in [1.29, 1.82) is 0 Å². The standard InChI is InChI=1S/C21H21ClFN3O3/c22-17-13-15(3-4-18(17)23)26(9-11-29-10-1-7-24)20-6-8-25-19-5-2-14(21(27)28)12-16(19)20/h2-6,8,12-13H,1,7,9-11,24H2,(H,27,28). The highest BCUT2D eigenvalue weighted by Crippen LogP contribution is 2.33. The molecular formula is C21H21ClFN3O3. The quantitative estimate of drug-likeness (QED) is 0.506. The molecule has 8 heteroatoms. The molecule has 1 aromatic heterocycles. The Labute approximate surface area is 172 Å². The van der Waals surface area contributed by atoms with Crippen molar-refractivity contribution in [2.45, 2.75) is 6.42 Å². The molecule has 0 unspecified atom stereocenters. The Bertz CT molecular complexity index is 1020. The molecule has 0 bridgehead atoms. The van der Waals surface area contributed by atoms with Crippen LogP contribution in [0, 0.1) is 5.82 Å². The average molecular weight is 418 g/mol. The number of pyridine rings is 1. The number of carboxylic acids is 1. The van der Waals surface area contributed by atoms with E-state index in [2.05, 4.69) is 4.98 Å². The minimum Gasteiger partial charge on any atom is -0.478 e. The van der Waals surface area contributed by atoms with Crippen molar-refractivity contribution in [3.63, 3.8) is 0 Å². The van der Waals surface area contributed by atoms with Crippen LogP contribution in [-0.2, 0) is 4.74 Å². The summed E-state index contributed by atoms with van der Waals surface area (Å²) in [6.45, 7) is 1.93. The van der Waals surface area contributed by atoms with Gasteiger partial charge in [0.05, 0.1) is 28.4 Å². The fourth-order valence-corrected chi connectivity index (χ4v) is 3.16. The molecule has 0 radical (unpaired) electrons. The first-order chi connectivity index (χ1) is 14.0. The van der Waals surface area contributed by atoms with Crippen molar-refractivity contribution >= 4 is 39.8 Å². The number of rotatable bonds is 9. The molecule has 0 saturated heterocycles. The van der Waals surface area contributed by atoms with Crippen LogP contribution < -0.4 is 10.6 Å². The van der Waals surface area contributed by atoms with Crippen LogP contribution in [0.4, 0.5) is 15.8 Å². The number of hydrogen-bond donors (Lipinski definition) is 2. The highest BCUT2D eigenvalue weighted by Gasteiger charge is 2.16. The first-order valence-electron chi connectivity index (χ1n) is 9.13. The van der Waals surface area contributed by atoms with E-state index in [4.69, 9.17) is 22.1 Å². The van der Waals surface area contributed by atoms with Gasteiger partial charge in [-0.3, -0.25) is 4.98 Å². The molecule has 0 atom stereocenters. The van der Waals surface area contributed by atoms with Gasteiger partial charge in [0.2, 0.25) is 0 Å². The number of aromatic nitrogens is 1. The zero-order valence-electron chi connectivity index (χ0n) is 15.6. The molecule has 0 saturated carbocycles. The normalized spacial score (nSPS) is 11.0. The van der Waals surface area contributed by atoms with E-state index in [-0.39, 0.29) is 10.6 Å². The monoisotopic (exact) mass is 417 g/mol. The maximum Gasteiger partial charge on any atom is 0.335 e. The molecule has 2 aromatic carbocycles. The molecule has 0 fully saturated rings. The minimum atomic E-state index is -1.02. The van der Waals surface area contributed by atoms with Gasteiger partial charge < -0.3 is 20.5 Å². The van der Waals surface area contributed by atoms with Crippen LogP contribution in [0.1, 0.15) is 16.8 Å². The zero-order chi connectivity index (χ0) is 20.8. The number of anilines is 2. The number of halogens is 2. The Hall–Kier alpha value is -2.74. The van der Waals surface area contributed by atoms with Gasteiger partial charge in [-0.05, 0) is 55.4 Å². The molecule has 0 aliphatic rings. The van der Waals surface area contributed by atoms with Gasteiger partial charge in [-0.2, -0.15) is 0 Å². The lowest BCUT2D eigenvalue weighted by Crippen LogP contribution is -2.23. The number of hydrogen-bond acceptors (Lipinski definition) is 5. The lowest BCUT2D eigenvalue weighted by atomic mass is 10.1. The smallest absolute Gasteiger partial charge is 0.335 e. The average Bonchev–Trinajstić information content (AvgIpc) is 2.72. The summed E-state index contributed by atoms with van der Waals surface area (Å²) in [4.78, 5) is 17.7. The van der Waals surface area contributed by atoms with Crippen molar-refractivity contribution in [2.24, 2.45) is 5.73 Å². The van der Waals surface area contributed by atoms with Crippen LogP contribution in [0.15, 0.2) is 48.7 Å². The van der Waals surface area contributed by atoms with Crippen LogP contribution in [0.5, 0.6) is 0 Å². The van der Waals surface area contributed by atoms with Gasteiger partial charge >= 0.3 is 5.97 Å². The Balaban J connectivity index is 2.03. The molecule has 152 valence electrons. The summed E-state index contributed by atoms with van der Waals surface area (Å²) in [5, 5.41) is 10.0. The summed E-state index contributed by atoms with van der Waals surface area (Å²) in [6.07, 6.45) is 2.40. The Morgan fingerprint density at radius 1 is 1.21 bits per heavy atom. The fraction of sp³-hybridized carbons (Fsp3) is 0.238. The third-order valence-corrected chi connectivity index (χ3v) is 4.71. The molecule has 3 aromatic rings. The molecule has 3 N–H and O–H groups in total. The van der Waals surface area contributed by atoms with E-state index < -0.39 is 11.8 Å². The predicted octanol–water partition coefficient (Wildman–Crippen LogP) is 4.23. The lowest BCUT2D eigenvalue weighted by Gasteiger charge is -2.26. The van der Waals surface area contributed by atoms with E-state index >= 15 is 0 Å². The van der Waals surface area contributed by atoms with E-state index in [9.17, 15) is 14.3 Å². The van der Waals surface area contributed by atoms with Crippen LogP contribution in [-0.4, -0.2) is 42.4 Å². The molecule has 0 aliphatic carbocycles. The molecule has 6 nitrogen and oxygen atoms in total. The van der Waals surface area contributed by atoms with E-state index in [1.54, 1.807) is 30.5 Å². The number of benzene rings is 2. The number of nitrogens with zero attached hydrogens (tertiary/aromatic N) is 2. The number of carboxylic acid groups (broad SMARTS) is 1. The molecule has 0 spiro atoms. The highest BCUT2D eigenvalue weighted by molar-refractivity contribution is 6.31. The van der Waals surface area contributed by atoms with Crippen molar-refractivity contribution in [3.05, 3.63) is 65.1 Å². The summed E-state index contributed by atoms with van der Waals surface area (Å²) in [7, 11) is 0. The lowest BCUT2D eigenvalue weighted by molar-refractivity contribution is 0.0697. The van der Waals surface area contributed by atoms with Crippen LogP contribution in [0.25, 0.3) is 10.9 Å². The van der Waals surface area contributed by atoms with Crippen molar-refractivity contribution in [2.75, 3.05) is 31.2 Å². The van der Waals surface area contributed by atoms with Crippen molar-refractivity contribution in [3.8, 4) is 0 Å². The Morgan fingerprint density at radius 2 is 2.03 bits per heavy atom. The summed E-state index contributed by atoms with van der Waals surface area (Å²) in [5.74, 6) is -1.54. The Kier molecular flexibility index (Phi) is 6.98. The third-order valence-electron chi connectivity index (χ3n) is 4.42. The largest absolute Gasteiger partial charge is 0.478 e. The van der Waals surface area contributed by atoms with Crippen molar-refractivity contribution < 1.29 is 19.0 Å². The van der Waals surface area contributed by atoms with Crippen molar-refractivity contribution in [1.82, 2.24) is 4.98 Å². The second kappa shape index (κ2) is 9.65. The van der Waals surface area contributed by atoms with Gasteiger partial charge in [0.1, 0.15) is 5.82 Å². The van der Waals surface area contributed by atoms with Gasteiger partial charge in [-0.15, -0.1) is 0 Å². The van der Waals surface area contributed by atoms with Crippen LogP contribution >= 0.6 is 11.6 Å². The second-order valence-corrected chi connectivity index (χ2v) is 6.78. The molecule has 0 amide bonds. The molecular weight excluding hydrogens is 397 g/mol. The van der Waals surface area contributed by atoms with Gasteiger partial charge in [-0.25, -0.2) is 9.18 Å². The van der Waals surface area contributed by atoms with E-state index in [1.165, 1.54) is 18.2 Å². The maximum atomic E-state index is 13.7. The molecule has 3 rings (SSSR count). The molecule has 0 aliphatic heterocycles. The van der Waals surface area contributed by atoms with Gasteiger partial charge in [0.15, 0.2) is 0 Å². The van der Waals surface area contributed by atoms with Crippen LogP contribution in [0.2, 0.25) is 5.02 Å². The Morgan fingerprint density at radius 3 is 2.76 bits per heavy atom. The second-order valence-electron chi connectivity index (χ2n) is 6.37. The highest BCUT2D eigenvalue weighted by atomic mass is 35.5. The number of aromatic carboxylic acids is 1. The zero-order valence-corrected chi connectivity index (χ0v) is 16.4. The van der Waals surface area contributed by atoms with Gasteiger partial charge in [-0.1, -0.05) is 11.6 Å². The maximum absolute atomic E-state index is 13.7. The fourth-order valence-electron chi connectivity index (χ4n) is 2.98. The van der Waals surface area contributed by atoms with E-state index in [1.807, 2.05) is 4.90 Å². The minimum absolute atomic E-state index is 0.00105. The third kappa shape index (κ3) is 5.00.